The normalized spacial score (nSPS) is 10.5. The Kier molecular flexibility index (Phi) is 3.63. The summed E-state index contributed by atoms with van der Waals surface area (Å²) in [5.41, 5.74) is 6.76. The highest BCUT2D eigenvalue weighted by Crippen LogP contribution is 2.21. The molecule has 0 spiro atoms. The summed E-state index contributed by atoms with van der Waals surface area (Å²) in [5, 5.41) is 18.6. The first-order valence-corrected chi connectivity index (χ1v) is 5.56. The first-order chi connectivity index (χ1) is 8.70. The minimum atomic E-state index is -0.428. The standard InChI is InChI=1S/C11H13N5O2/c12-5-2-6-15-8-11(13-14-15)9-3-1-4-10(7-9)16(17)18/h1,3-4,7-8H,2,5-6,12H2. The molecule has 0 radical (unpaired) electrons. The second kappa shape index (κ2) is 5.37. The molecule has 94 valence electrons. The third-order valence-corrected chi connectivity index (χ3v) is 2.48. The fourth-order valence-electron chi connectivity index (χ4n) is 1.57. The minimum absolute atomic E-state index is 0.0454. The van der Waals surface area contributed by atoms with Gasteiger partial charge in [-0.3, -0.25) is 14.8 Å². The molecule has 0 saturated carbocycles. The molecule has 0 bridgehead atoms. The number of nitrogens with two attached hydrogens (primary N) is 1. The van der Waals surface area contributed by atoms with Crippen molar-refractivity contribution in [2.24, 2.45) is 5.73 Å². The maximum Gasteiger partial charge on any atom is 0.270 e. The molecule has 1 heterocycles. The van der Waals surface area contributed by atoms with Gasteiger partial charge in [0.15, 0.2) is 0 Å². The number of nitrogens with zero attached hydrogens (tertiary/aromatic N) is 4. The average molecular weight is 247 g/mol. The molecule has 0 unspecified atom stereocenters. The topological polar surface area (TPSA) is 99.9 Å². The fraction of sp³-hybridized carbons (Fsp3) is 0.273. The van der Waals surface area contributed by atoms with Crippen LogP contribution in [0.25, 0.3) is 11.3 Å². The SMILES string of the molecule is NCCCn1cc(-c2cccc([N+](=O)[O-])c2)nn1. The van der Waals surface area contributed by atoms with Crippen molar-refractivity contribution in [3.63, 3.8) is 0 Å². The Morgan fingerprint density at radius 1 is 1.44 bits per heavy atom. The first-order valence-electron chi connectivity index (χ1n) is 5.56. The summed E-state index contributed by atoms with van der Waals surface area (Å²) in [6.45, 7) is 1.28. The summed E-state index contributed by atoms with van der Waals surface area (Å²) in [6, 6.07) is 6.33. The number of hydrogen-bond donors (Lipinski definition) is 1. The van der Waals surface area contributed by atoms with Crippen LogP contribution in [0.3, 0.4) is 0 Å². The smallest absolute Gasteiger partial charge is 0.270 e. The molecule has 0 aliphatic heterocycles. The summed E-state index contributed by atoms with van der Waals surface area (Å²) in [6.07, 6.45) is 2.58. The van der Waals surface area contributed by atoms with Crippen molar-refractivity contribution in [3.05, 3.63) is 40.6 Å². The number of aromatic nitrogens is 3. The molecule has 7 heteroatoms. The predicted octanol–water partition coefficient (Wildman–Crippen LogP) is 1.20. The number of nitro groups is 1. The molecule has 0 saturated heterocycles. The first kappa shape index (κ1) is 12.2. The Balaban J connectivity index is 2.23. The summed E-state index contributed by atoms with van der Waals surface area (Å²) < 4.78 is 1.68. The number of rotatable bonds is 5. The van der Waals surface area contributed by atoms with E-state index in [0.717, 1.165) is 6.42 Å². The van der Waals surface area contributed by atoms with E-state index in [-0.39, 0.29) is 5.69 Å². The van der Waals surface area contributed by atoms with Gasteiger partial charge in [0.2, 0.25) is 0 Å². The Morgan fingerprint density at radius 2 is 2.28 bits per heavy atom. The van der Waals surface area contributed by atoms with E-state index in [1.165, 1.54) is 12.1 Å². The van der Waals surface area contributed by atoms with Crippen molar-refractivity contribution in [3.8, 4) is 11.3 Å². The third kappa shape index (κ3) is 2.69. The van der Waals surface area contributed by atoms with E-state index < -0.39 is 4.92 Å². The van der Waals surface area contributed by atoms with Gasteiger partial charge < -0.3 is 5.73 Å². The minimum Gasteiger partial charge on any atom is -0.330 e. The summed E-state index contributed by atoms with van der Waals surface area (Å²) in [5.74, 6) is 0. The maximum atomic E-state index is 10.7. The lowest BCUT2D eigenvalue weighted by molar-refractivity contribution is -0.384. The molecule has 0 atom stereocenters. The van der Waals surface area contributed by atoms with E-state index in [0.29, 0.717) is 24.3 Å². The number of benzene rings is 1. The summed E-state index contributed by atoms with van der Waals surface area (Å²) in [7, 11) is 0. The van der Waals surface area contributed by atoms with Gasteiger partial charge in [0.05, 0.1) is 11.1 Å². The molecule has 0 amide bonds. The Morgan fingerprint density at radius 3 is 3.00 bits per heavy atom. The molecule has 18 heavy (non-hydrogen) atoms. The number of non-ortho nitro benzene ring substituents is 1. The van der Waals surface area contributed by atoms with Crippen LogP contribution in [0.2, 0.25) is 0 Å². The van der Waals surface area contributed by atoms with Crippen molar-refractivity contribution in [1.29, 1.82) is 0 Å². The molecular formula is C11H13N5O2. The Bertz CT molecular complexity index is 552. The van der Waals surface area contributed by atoms with Crippen LogP contribution in [0.4, 0.5) is 5.69 Å². The monoisotopic (exact) mass is 247 g/mol. The van der Waals surface area contributed by atoms with Crippen LogP contribution in [0.15, 0.2) is 30.5 Å². The van der Waals surface area contributed by atoms with Gasteiger partial charge in [-0.25, -0.2) is 0 Å². The molecule has 1 aromatic carbocycles. The maximum absolute atomic E-state index is 10.7. The van der Waals surface area contributed by atoms with Crippen molar-refractivity contribution < 1.29 is 4.92 Å². The molecule has 0 aliphatic rings. The van der Waals surface area contributed by atoms with Gasteiger partial charge in [-0.2, -0.15) is 0 Å². The van der Waals surface area contributed by atoms with E-state index in [2.05, 4.69) is 10.3 Å². The number of aryl methyl sites for hydroxylation is 1. The van der Waals surface area contributed by atoms with Gasteiger partial charge in [-0.05, 0) is 13.0 Å². The number of hydrogen-bond acceptors (Lipinski definition) is 5. The average Bonchev–Trinajstić information content (AvgIpc) is 2.85. The molecule has 2 rings (SSSR count). The quantitative estimate of drug-likeness (QED) is 0.632. The summed E-state index contributed by atoms with van der Waals surface area (Å²) in [4.78, 5) is 10.3. The van der Waals surface area contributed by atoms with E-state index in [4.69, 9.17) is 5.73 Å². The van der Waals surface area contributed by atoms with E-state index in [1.807, 2.05) is 0 Å². The Hall–Kier alpha value is -2.28. The van der Waals surface area contributed by atoms with E-state index in [9.17, 15) is 10.1 Å². The molecule has 0 fully saturated rings. The van der Waals surface area contributed by atoms with Crippen LogP contribution in [0.5, 0.6) is 0 Å². The second-order valence-corrected chi connectivity index (χ2v) is 3.82. The third-order valence-electron chi connectivity index (χ3n) is 2.48. The zero-order valence-corrected chi connectivity index (χ0v) is 9.69. The lowest BCUT2D eigenvalue weighted by Gasteiger charge is -1.97. The fourth-order valence-corrected chi connectivity index (χ4v) is 1.57. The molecule has 0 aliphatic carbocycles. The van der Waals surface area contributed by atoms with Crippen molar-refractivity contribution in [2.75, 3.05) is 6.54 Å². The van der Waals surface area contributed by atoms with Crippen LogP contribution in [0, 0.1) is 10.1 Å². The van der Waals surface area contributed by atoms with Gasteiger partial charge in [-0.1, -0.05) is 17.3 Å². The predicted molar refractivity (Wildman–Crippen MR) is 65.8 cm³/mol. The van der Waals surface area contributed by atoms with Crippen LogP contribution in [-0.4, -0.2) is 26.5 Å². The molecular weight excluding hydrogens is 234 g/mol. The van der Waals surface area contributed by atoms with Crippen molar-refractivity contribution >= 4 is 5.69 Å². The highest BCUT2D eigenvalue weighted by Gasteiger charge is 2.09. The summed E-state index contributed by atoms with van der Waals surface area (Å²) >= 11 is 0. The van der Waals surface area contributed by atoms with Crippen LogP contribution in [-0.2, 0) is 6.54 Å². The van der Waals surface area contributed by atoms with Gasteiger partial charge in [0, 0.05) is 24.2 Å². The van der Waals surface area contributed by atoms with Gasteiger partial charge in [-0.15, -0.1) is 5.10 Å². The van der Waals surface area contributed by atoms with Gasteiger partial charge >= 0.3 is 0 Å². The van der Waals surface area contributed by atoms with Gasteiger partial charge in [0.25, 0.3) is 5.69 Å². The molecule has 2 aromatic rings. The zero-order valence-electron chi connectivity index (χ0n) is 9.69. The van der Waals surface area contributed by atoms with Crippen LogP contribution >= 0.6 is 0 Å². The van der Waals surface area contributed by atoms with E-state index >= 15 is 0 Å². The Labute approximate surface area is 103 Å². The highest BCUT2D eigenvalue weighted by molar-refractivity contribution is 5.61. The number of nitro benzene ring substituents is 1. The van der Waals surface area contributed by atoms with Crippen LogP contribution < -0.4 is 5.73 Å². The largest absolute Gasteiger partial charge is 0.330 e. The van der Waals surface area contributed by atoms with Gasteiger partial charge in [0.1, 0.15) is 5.69 Å². The lowest BCUT2D eigenvalue weighted by Crippen LogP contribution is -2.06. The second-order valence-electron chi connectivity index (χ2n) is 3.82. The zero-order chi connectivity index (χ0) is 13.0. The van der Waals surface area contributed by atoms with Crippen LogP contribution in [0.1, 0.15) is 6.42 Å². The van der Waals surface area contributed by atoms with Crippen molar-refractivity contribution in [1.82, 2.24) is 15.0 Å². The van der Waals surface area contributed by atoms with E-state index in [1.54, 1.807) is 23.0 Å². The molecule has 7 nitrogen and oxygen atoms in total. The lowest BCUT2D eigenvalue weighted by atomic mass is 10.1. The van der Waals surface area contributed by atoms with Crippen molar-refractivity contribution in [2.45, 2.75) is 13.0 Å². The highest BCUT2D eigenvalue weighted by atomic mass is 16.6. The molecule has 1 aromatic heterocycles. The molecule has 2 N–H and O–H groups in total.